The van der Waals surface area contributed by atoms with Crippen LogP contribution in [0.2, 0.25) is 0 Å². The minimum Gasteiger partial charge on any atom is -0.335 e. The molecular formula is C136H117N13. The van der Waals surface area contributed by atoms with E-state index in [2.05, 4.69) is 584 Å². The van der Waals surface area contributed by atoms with Crippen LogP contribution in [0.5, 0.6) is 0 Å². The Morgan fingerprint density at radius 1 is 0.148 bits per heavy atom. The van der Waals surface area contributed by atoms with E-state index in [1.807, 2.05) is 6.07 Å². The lowest BCUT2D eigenvalue weighted by Crippen LogP contribution is -2.21. The SMILES string of the molecule is CC(C)(C)n1c2ccccc2c2cc(-c3ccc4c(c3)c3ccccc3n4-c3ccccc3)ccc21.CC(C)(C)n1c2ccccc2c2cc(-n3c4ccccc4n4c5ccccc5nc34)ccc21.CC(C)(C)n1c2ccccc2c2cc3c(cc21)c1ccccc1n3-c1ccccc1.CC(C)(C)n1c2ccccc2c2ccc3c4ccccc4n(-c4ccccc4)c3c21.CC(C)(C)n1c2ccccc2n2c3ccccc3nc12. The molecule has 19 aromatic carbocycles. The third-order valence-electron chi connectivity index (χ3n) is 30.1. The van der Waals surface area contributed by atoms with Gasteiger partial charge in [-0.15, -0.1) is 0 Å². The van der Waals surface area contributed by atoms with Gasteiger partial charge in [0, 0.05) is 159 Å². The van der Waals surface area contributed by atoms with E-state index in [-0.39, 0.29) is 27.7 Å². The van der Waals surface area contributed by atoms with Crippen LogP contribution in [0.25, 0.3) is 242 Å². The van der Waals surface area contributed by atoms with Crippen molar-refractivity contribution in [2.24, 2.45) is 0 Å². The standard InChI is InChI=1S/C34H28N2.C29H24N4.2C28H24N2.C17H17N3/c1-34(2,3)36-32-16-10-8-14-27(32)29-22-24(18-20-33(29)36)23-17-19-31-28(21-23)26-13-7-9-15-30(26)35(31)25-11-5-4-6-12-25;1-29(2,3)33-23-12-6-4-10-20(23)21-18-19(16-17-24(21)33)31-26-14-8-9-15-27(26)32-25-13-7-5-11-22(25)30-28(31)32;1-28(2,3)30-25-16-10-8-14-21(25)23-17-26-22(18-27(23)30)20-13-7-9-15-24(20)29(26)19-11-5-4-6-12-19;1-28(2,3)30-25-16-10-8-14-21(25)23-18-17-22-20-13-7-9-15-24(20)29(26(22)27(23)30)19-11-5-4-6-12-19;1-17(2,3)20-15-11-7-6-10-14(15)19-13-9-5-4-8-12(13)18-16(19)20/h4-22H,1-3H3;4-18H,1-3H3;2*4-18H,1-3H3;4-11H,1-3H3. The molecule has 0 saturated carbocycles. The molecule has 0 aliphatic rings. The summed E-state index contributed by atoms with van der Waals surface area (Å²) < 4.78 is 26.3. The molecule has 30 rings (SSSR count). The Balaban J connectivity index is 0.0000000950. The van der Waals surface area contributed by atoms with Crippen LogP contribution >= 0.6 is 0 Å². The van der Waals surface area contributed by atoms with Gasteiger partial charge in [0.05, 0.1) is 88.3 Å². The maximum atomic E-state index is 5.04. The molecule has 0 aliphatic heterocycles. The van der Waals surface area contributed by atoms with Crippen LogP contribution in [0.1, 0.15) is 104 Å². The average Bonchev–Trinajstić information content (AvgIpc) is 1.53. The van der Waals surface area contributed by atoms with Gasteiger partial charge in [0.25, 0.3) is 0 Å². The highest BCUT2D eigenvalue weighted by Crippen LogP contribution is 2.48. The first-order valence-corrected chi connectivity index (χ1v) is 52.1. The summed E-state index contributed by atoms with van der Waals surface area (Å²) in [6.07, 6.45) is 0. The number of nitrogens with zero attached hydrogens (tertiary/aromatic N) is 13. The molecule has 13 nitrogen and oxygen atoms in total. The van der Waals surface area contributed by atoms with E-state index >= 15 is 0 Å². The molecule has 0 saturated heterocycles. The van der Waals surface area contributed by atoms with Crippen molar-refractivity contribution in [1.29, 1.82) is 0 Å². The average molecular weight is 1930 g/mol. The van der Waals surface area contributed by atoms with Crippen molar-refractivity contribution in [3.63, 3.8) is 0 Å². The molecule has 0 N–H and O–H groups in total. The van der Waals surface area contributed by atoms with Crippen LogP contribution in [0.15, 0.2) is 437 Å². The summed E-state index contributed by atoms with van der Waals surface area (Å²) in [5.74, 6) is 1.95. The van der Waals surface area contributed by atoms with Gasteiger partial charge in [-0.1, -0.05) is 255 Å². The number of hydrogen-bond acceptors (Lipinski definition) is 2. The Morgan fingerprint density at radius 3 is 0.886 bits per heavy atom. The van der Waals surface area contributed by atoms with Crippen molar-refractivity contribution < 1.29 is 0 Å². The van der Waals surface area contributed by atoms with E-state index in [4.69, 9.17) is 9.97 Å². The van der Waals surface area contributed by atoms with Crippen molar-refractivity contribution in [3.8, 4) is 33.9 Å². The summed E-state index contributed by atoms with van der Waals surface area (Å²) in [6.45, 7) is 34.1. The second kappa shape index (κ2) is 34.5. The van der Waals surface area contributed by atoms with E-state index in [0.717, 1.165) is 39.3 Å². The molecule has 0 bridgehead atoms. The number of benzene rings is 19. The maximum absolute atomic E-state index is 5.04. The Labute approximate surface area is 864 Å². The fourth-order valence-corrected chi connectivity index (χ4v) is 24.4. The predicted octanol–water partition coefficient (Wildman–Crippen LogP) is 36.1. The van der Waals surface area contributed by atoms with Gasteiger partial charge < -0.3 is 36.5 Å². The summed E-state index contributed by atoms with van der Waals surface area (Å²) >= 11 is 0. The number of aromatic nitrogens is 13. The van der Waals surface area contributed by atoms with Crippen LogP contribution < -0.4 is 0 Å². The molecule has 0 atom stereocenters. The molecule has 11 aromatic heterocycles. The zero-order valence-corrected chi connectivity index (χ0v) is 86.9. The lowest BCUT2D eigenvalue weighted by Gasteiger charge is -2.25. The predicted molar refractivity (Wildman–Crippen MR) is 632 cm³/mol. The number of hydrogen-bond donors (Lipinski definition) is 0. The van der Waals surface area contributed by atoms with Gasteiger partial charge in [-0.25, -0.2) is 9.97 Å². The van der Waals surface area contributed by atoms with Gasteiger partial charge >= 0.3 is 0 Å². The van der Waals surface area contributed by atoms with E-state index in [9.17, 15) is 0 Å². The molecule has 30 aromatic rings. The summed E-state index contributed by atoms with van der Waals surface area (Å²) in [5.41, 5.74) is 34.0. The molecule has 11 heterocycles. The topological polar surface area (TPSA) is 79.0 Å². The minimum atomic E-state index is -0.0480. The zero-order chi connectivity index (χ0) is 102. The van der Waals surface area contributed by atoms with Crippen LogP contribution in [0.4, 0.5) is 0 Å². The highest BCUT2D eigenvalue weighted by atomic mass is 15.2. The highest BCUT2D eigenvalue weighted by Gasteiger charge is 2.31. The van der Waals surface area contributed by atoms with Gasteiger partial charge in [-0.3, -0.25) is 13.4 Å². The smallest absolute Gasteiger partial charge is 0.220 e. The van der Waals surface area contributed by atoms with Gasteiger partial charge in [-0.05, 0) is 297 Å². The first-order valence-electron chi connectivity index (χ1n) is 52.1. The van der Waals surface area contributed by atoms with Gasteiger partial charge in [-0.2, -0.15) is 0 Å². The highest BCUT2D eigenvalue weighted by molar-refractivity contribution is 6.24. The molecule has 0 aliphatic carbocycles. The quantitative estimate of drug-likeness (QED) is 0.172. The van der Waals surface area contributed by atoms with Crippen molar-refractivity contribution in [2.45, 2.75) is 132 Å². The summed E-state index contributed by atoms with van der Waals surface area (Å²) in [4.78, 5) is 9.88. The Morgan fingerprint density at radius 2 is 0.423 bits per heavy atom. The number of para-hydroxylation sites is 18. The van der Waals surface area contributed by atoms with Crippen LogP contribution in [-0.4, -0.2) is 59.9 Å². The molecule has 0 unspecified atom stereocenters. The summed E-state index contributed by atoms with van der Waals surface area (Å²) in [6, 6.07) is 157. The second-order valence-electron chi connectivity index (χ2n) is 44.9. The van der Waals surface area contributed by atoms with Gasteiger partial charge in [0.15, 0.2) is 0 Å². The molecule has 0 amide bonds. The Hall–Kier alpha value is -17.7. The van der Waals surface area contributed by atoms with Gasteiger partial charge in [0.2, 0.25) is 11.6 Å². The van der Waals surface area contributed by atoms with Crippen LogP contribution in [0, 0.1) is 0 Å². The monoisotopic (exact) mass is 1930 g/mol. The van der Waals surface area contributed by atoms with Crippen LogP contribution in [-0.2, 0) is 27.7 Å². The molecule has 0 fully saturated rings. The number of fused-ring (bicyclic) bond motifs is 32. The van der Waals surface area contributed by atoms with Crippen molar-refractivity contribution in [3.05, 3.63) is 437 Å². The van der Waals surface area contributed by atoms with E-state index < -0.39 is 0 Å². The fourth-order valence-electron chi connectivity index (χ4n) is 24.4. The van der Waals surface area contributed by atoms with E-state index in [1.165, 1.54) is 203 Å². The molecule has 149 heavy (non-hydrogen) atoms. The minimum absolute atomic E-state index is 0.00104. The Bertz CT molecular complexity index is 10600. The largest absolute Gasteiger partial charge is 0.335 e. The summed E-state index contributed by atoms with van der Waals surface area (Å²) in [7, 11) is 0. The number of imidazole rings is 4. The lowest BCUT2D eigenvalue weighted by atomic mass is 10.0. The van der Waals surface area contributed by atoms with Crippen molar-refractivity contribution in [2.75, 3.05) is 0 Å². The molecule has 13 heteroatoms. The van der Waals surface area contributed by atoms with E-state index in [0.29, 0.717) is 0 Å². The fraction of sp³-hybridized carbons (Fsp3) is 0.147. The van der Waals surface area contributed by atoms with Crippen molar-refractivity contribution >= 4 is 208 Å². The van der Waals surface area contributed by atoms with Crippen LogP contribution in [0.3, 0.4) is 0 Å². The Kier molecular flexibility index (Phi) is 21.1. The maximum Gasteiger partial charge on any atom is 0.220 e. The molecule has 0 spiro atoms. The number of rotatable bonds is 5. The third-order valence-corrected chi connectivity index (χ3v) is 30.1. The molecular weight excluding hydrogens is 1820 g/mol. The zero-order valence-electron chi connectivity index (χ0n) is 86.9. The first kappa shape index (κ1) is 91.3. The first-order chi connectivity index (χ1) is 72.2. The second-order valence-corrected chi connectivity index (χ2v) is 44.9. The van der Waals surface area contributed by atoms with E-state index in [1.54, 1.807) is 0 Å². The molecule has 0 radical (unpaired) electrons. The van der Waals surface area contributed by atoms with Crippen molar-refractivity contribution in [1.82, 2.24) is 59.9 Å². The molecule has 726 valence electrons. The third kappa shape index (κ3) is 14.8. The normalized spacial score (nSPS) is 12.5. The van der Waals surface area contributed by atoms with Gasteiger partial charge in [0.1, 0.15) is 0 Å². The summed E-state index contributed by atoms with van der Waals surface area (Å²) in [5, 5.41) is 18.2. The lowest BCUT2D eigenvalue weighted by molar-refractivity contribution is 0.419.